The second kappa shape index (κ2) is 3.38. The van der Waals surface area contributed by atoms with Crippen molar-refractivity contribution in [3.8, 4) is 0 Å². The van der Waals surface area contributed by atoms with Gasteiger partial charge in [0.25, 0.3) is 0 Å². The van der Waals surface area contributed by atoms with Gasteiger partial charge in [0.05, 0.1) is 0 Å². The monoisotopic (exact) mass is 141 g/mol. The molecule has 0 amide bonds. The summed E-state index contributed by atoms with van der Waals surface area (Å²) >= 11 is 0. The molecule has 0 radical (unpaired) electrons. The van der Waals surface area contributed by atoms with Crippen molar-refractivity contribution in [3.63, 3.8) is 0 Å². The lowest BCUT2D eigenvalue weighted by atomic mass is 9.74. The molecular formula is C9H19N. The molecule has 1 aliphatic carbocycles. The Balaban J connectivity index is 2.42. The van der Waals surface area contributed by atoms with E-state index in [9.17, 15) is 0 Å². The summed E-state index contributed by atoms with van der Waals surface area (Å²) in [5.41, 5.74) is 5.66. The van der Waals surface area contributed by atoms with E-state index in [0.717, 1.165) is 24.3 Å². The van der Waals surface area contributed by atoms with Crippen LogP contribution in [0.1, 0.15) is 33.1 Å². The van der Waals surface area contributed by atoms with Crippen molar-refractivity contribution in [3.05, 3.63) is 0 Å². The largest absolute Gasteiger partial charge is 0.330 e. The first-order chi connectivity index (χ1) is 4.75. The van der Waals surface area contributed by atoms with E-state index in [1.165, 1.54) is 19.3 Å². The van der Waals surface area contributed by atoms with Gasteiger partial charge in [-0.3, -0.25) is 0 Å². The molecular weight excluding hydrogens is 122 g/mol. The first-order valence-electron chi connectivity index (χ1n) is 4.45. The summed E-state index contributed by atoms with van der Waals surface area (Å²) < 4.78 is 0. The van der Waals surface area contributed by atoms with E-state index in [0.29, 0.717) is 0 Å². The topological polar surface area (TPSA) is 26.0 Å². The van der Waals surface area contributed by atoms with Crippen LogP contribution < -0.4 is 5.73 Å². The fourth-order valence-corrected chi connectivity index (χ4v) is 2.02. The van der Waals surface area contributed by atoms with Crippen molar-refractivity contribution in [1.29, 1.82) is 0 Å². The van der Waals surface area contributed by atoms with Crippen LogP contribution in [0.4, 0.5) is 0 Å². The summed E-state index contributed by atoms with van der Waals surface area (Å²) in [6, 6.07) is 0. The molecule has 0 aliphatic heterocycles. The van der Waals surface area contributed by atoms with Gasteiger partial charge in [0.1, 0.15) is 0 Å². The molecule has 0 bridgehead atoms. The lowest BCUT2D eigenvalue weighted by molar-refractivity contribution is 0.188. The van der Waals surface area contributed by atoms with Gasteiger partial charge in [-0.25, -0.2) is 0 Å². The lowest BCUT2D eigenvalue weighted by Gasteiger charge is -2.33. The third kappa shape index (κ3) is 1.51. The smallest absolute Gasteiger partial charge is 0.00462 e. The van der Waals surface area contributed by atoms with Gasteiger partial charge < -0.3 is 5.73 Å². The highest BCUT2D eigenvalue weighted by molar-refractivity contribution is 4.77. The maximum absolute atomic E-state index is 5.66. The van der Waals surface area contributed by atoms with Crippen LogP contribution in [0.15, 0.2) is 0 Å². The Bertz CT molecular complexity index is 101. The zero-order chi connectivity index (χ0) is 7.56. The molecule has 1 saturated carbocycles. The highest BCUT2D eigenvalue weighted by Crippen LogP contribution is 2.33. The van der Waals surface area contributed by atoms with E-state index in [-0.39, 0.29) is 0 Å². The average Bonchev–Trinajstić information content (AvgIpc) is 1.95. The molecule has 1 heteroatoms. The molecule has 0 heterocycles. The van der Waals surface area contributed by atoms with Gasteiger partial charge in [-0.2, -0.15) is 0 Å². The molecule has 60 valence electrons. The zero-order valence-electron chi connectivity index (χ0n) is 7.14. The Kier molecular flexibility index (Phi) is 2.72. The Morgan fingerprint density at radius 1 is 1.30 bits per heavy atom. The minimum Gasteiger partial charge on any atom is -0.330 e. The predicted octanol–water partition coefficient (Wildman–Crippen LogP) is 2.02. The van der Waals surface area contributed by atoms with Crippen LogP contribution in [0.5, 0.6) is 0 Å². The van der Waals surface area contributed by atoms with Crippen LogP contribution in [0.2, 0.25) is 0 Å². The zero-order valence-corrected chi connectivity index (χ0v) is 7.14. The van der Waals surface area contributed by atoms with Gasteiger partial charge in [-0.1, -0.05) is 26.7 Å². The average molecular weight is 141 g/mol. The molecule has 0 aromatic carbocycles. The number of nitrogens with two attached hydrogens (primary N) is 1. The van der Waals surface area contributed by atoms with Crippen LogP contribution in [0.3, 0.4) is 0 Å². The van der Waals surface area contributed by atoms with Gasteiger partial charge in [-0.15, -0.1) is 0 Å². The normalized spacial score (nSPS) is 41.7. The number of rotatable bonds is 1. The molecule has 0 aromatic heterocycles. The van der Waals surface area contributed by atoms with Gasteiger partial charge in [-0.05, 0) is 30.7 Å². The summed E-state index contributed by atoms with van der Waals surface area (Å²) in [4.78, 5) is 0. The van der Waals surface area contributed by atoms with Crippen LogP contribution in [0, 0.1) is 17.8 Å². The molecule has 1 aliphatic rings. The maximum Gasteiger partial charge on any atom is -0.00462 e. The molecule has 0 saturated heterocycles. The minimum absolute atomic E-state index is 0.809. The van der Waals surface area contributed by atoms with Gasteiger partial charge in [0, 0.05) is 0 Å². The first kappa shape index (κ1) is 8.06. The van der Waals surface area contributed by atoms with E-state index < -0.39 is 0 Å². The highest BCUT2D eigenvalue weighted by Gasteiger charge is 2.25. The van der Waals surface area contributed by atoms with Crippen molar-refractivity contribution >= 4 is 0 Å². The fraction of sp³-hybridized carbons (Fsp3) is 1.00. The molecule has 10 heavy (non-hydrogen) atoms. The van der Waals surface area contributed by atoms with Crippen molar-refractivity contribution in [2.45, 2.75) is 33.1 Å². The van der Waals surface area contributed by atoms with E-state index >= 15 is 0 Å². The van der Waals surface area contributed by atoms with Crippen molar-refractivity contribution < 1.29 is 0 Å². The van der Waals surface area contributed by atoms with Crippen molar-refractivity contribution in [2.75, 3.05) is 6.54 Å². The predicted molar refractivity (Wildman–Crippen MR) is 44.7 cm³/mol. The molecule has 1 rings (SSSR count). The van der Waals surface area contributed by atoms with E-state index in [2.05, 4.69) is 13.8 Å². The SMILES string of the molecule is C[C@H]1[C@@H](CN)CCC[C@H]1C. The van der Waals surface area contributed by atoms with Crippen LogP contribution in [-0.2, 0) is 0 Å². The third-order valence-corrected chi connectivity index (χ3v) is 3.18. The molecule has 1 fully saturated rings. The second-order valence-electron chi connectivity index (χ2n) is 3.76. The lowest BCUT2D eigenvalue weighted by Crippen LogP contribution is -2.29. The molecule has 3 atom stereocenters. The van der Waals surface area contributed by atoms with Crippen molar-refractivity contribution in [1.82, 2.24) is 0 Å². The summed E-state index contributed by atoms with van der Waals surface area (Å²) in [6.45, 7) is 5.60. The van der Waals surface area contributed by atoms with Gasteiger partial charge >= 0.3 is 0 Å². The van der Waals surface area contributed by atoms with Gasteiger partial charge in [0.15, 0.2) is 0 Å². The third-order valence-electron chi connectivity index (χ3n) is 3.18. The van der Waals surface area contributed by atoms with E-state index in [4.69, 9.17) is 5.73 Å². The minimum atomic E-state index is 0.809. The standard InChI is InChI=1S/C9H19N/c1-7-4-3-5-9(6-10)8(7)2/h7-9H,3-6,10H2,1-2H3/t7-,8-,9-/m1/s1. The van der Waals surface area contributed by atoms with Gasteiger partial charge in [0.2, 0.25) is 0 Å². The molecule has 0 unspecified atom stereocenters. The Labute approximate surface area is 64.0 Å². The van der Waals surface area contributed by atoms with Crippen LogP contribution >= 0.6 is 0 Å². The Hall–Kier alpha value is -0.0400. The van der Waals surface area contributed by atoms with Crippen LogP contribution in [-0.4, -0.2) is 6.54 Å². The second-order valence-corrected chi connectivity index (χ2v) is 3.76. The molecule has 2 N–H and O–H groups in total. The number of hydrogen-bond acceptors (Lipinski definition) is 1. The fourth-order valence-electron chi connectivity index (χ4n) is 2.02. The molecule has 1 nitrogen and oxygen atoms in total. The Morgan fingerprint density at radius 2 is 2.00 bits per heavy atom. The molecule has 0 aromatic rings. The van der Waals surface area contributed by atoms with E-state index in [1.807, 2.05) is 0 Å². The van der Waals surface area contributed by atoms with Crippen LogP contribution in [0.25, 0.3) is 0 Å². The summed E-state index contributed by atoms with van der Waals surface area (Å²) in [5.74, 6) is 2.57. The first-order valence-corrected chi connectivity index (χ1v) is 4.45. The number of hydrogen-bond donors (Lipinski definition) is 1. The summed E-state index contributed by atoms with van der Waals surface area (Å²) in [7, 11) is 0. The van der Waals surface area contributed by atoms with Crippen molar-refractivity contribution in [2.24, 2.45) is 23.5 Å². The van der Waals surface area contributed by atoms with E-state index in [1.54, 1.807) is 0 Å². The summed E-state index contributed by atoms with van der Waals surface area (Å²) in [5, 5.41) is 0. The molecule has 0 spiro atoms. The summed E-state index contributed by atoms with van der Waals surface area (Å²) in [6.07, 6.45) is 4.17. The maximum atomic E-state index is 5.66. The Morgan fingerprint density at radius 3 is 2.50 bits per heavy atom. The highest BCUT2D eigenvalue weighted by atomic mass is 14.6. The quantitative estimate of drug-likeness (QED) is 0.594.